The summed E-state index contributed by atoms with van der Waals surface area (Å²) in [6.45, 7) is 6.00. The van der Waals surface area contributed by atoms with Crippen molar-refractivity contribution in [3.05, 3.63) is 23.3 Å². The Morgan fingerprint density at radius 1 is 1.19 bits per heavy atom. The summed E-state index contributed by atoms with van der Waals surface area (Å²) in [5.41, 5.74) is 0. The van der Waals surface area contributed by atoms with E-state index in [2.05, 4.69) is 42.4 Å². The minimum Gasteiger partial charge on any atom is -0.377 e. The molecule has 2 aromatic heterocycles. The van der Waals surface area contributed by atoms with Gasteiger partial charge in [-0.2, -0.15) is 5.10 Å². The van der Waals surface area contributed by atoms with Crippen molar-refractivity contribution in [3.8, 4) is 0 Å². The maximum atomic E-state index is 5.15. The van der Waals surface area contributed by atoms with Crippen LogP contribution in [0.1, 0.15) is 62.3 Å². The molecule has 0 aliphatic carbocycles. The van der Waals surface area contributed by atoms with Gasteiger partial charge in [-0.3, -0.25) is 4.99 Å². The smallest absolute Gasteiger partial charge is 0.191 e. The average molecular weight is 430 g/mol. The number of aromatic nitrogens is 6. The van der Waals surface area contributed by atoms with Gasteiger partial charge in [-0.1, -0.05) is 6.42 Å². The summed E-state index contributed by atoms with van der Waals surface area (Å²) in [7, 11) is 1.67. The first-order valence-corrected chi connectivity index (χ1v) is 11.6. The lowest BCUT2D eigenvalue weighted by atomic mass is 10.1. The predicted octanol–water partition coefficient (Wildman–Crippen LogP) is 1.25. The first-order chi connectivity index (χ1) is 15.3. The summed E-state index contributed by atoms with van der Waals surface area (Å²) < 4.78 is 9.48. The molecule has 0 amide bonds. The van der Waals surface area contributed by atoms with E-state index in [1.165, 1.54) is 19.3 Å². The Morgan fingerprint density at radius 2 is 2.13 bits per heavy atom. The van der Waals surface area contributed by atoms with E-state index in [0.717, 1.165) is 87.5 Å². The number of hydrogen-bond donors (Lipinski definition) is 2. The number of hydrogen-bond acceptors (Lipinski definition) is 6. The third kappa shape index (κ3) is 5.61. The van der Waals surface area contributed by atoms with E-state index in [1.54, 1.807) is 7.11 Å². The molecule has 0 fully saturated rings. The maximum Gasteiger partial charge on any atom is 0.191 e. The van der Waals surface area contributed by atoms with Gasteiger partial charge in [0.2, 0.25) is 0 Å². The zero-order valence-electron chi connectivity index (χ0n) is 18.8. The molecule has 0 bridgehead atoms. The molecule has 0 radical (unpaired) electrons. The molecule has 0 aromatic carbocycles. The fourth-order valence-electron chi connectivity index (χ4n) is 4.34. The van der Waals surface area contributed by atoms with E-state index in [-0.39, 0.29) is 6.04 Å². The molecule has 1 atom stereocenters. The summed E-state index contributed by atoms with van der Waals surface area (Å²) in [5.74, 6) is 4.94. The Kier molecular flexibility index (Phi) is 7.50. The van der Waals surface area contributed by atoms with Crippen LogP contribution >= 0.6 is 0 Å². The van der Waals surface area contributed by atoms with Gasteiger partial charge in [-0.15, -0.1) is 10.2 Å². The lowest BCUT2D eigenvalue weighted by Gasteiger charge is -2.25. The Bertz CT molecular complexity index is 872. The lowest BCUT2D eigenvalue weighted by Crippen LogP contribution is -2.47. The highest BCUT2D eigenvalue weighted by Crippen LogP contribution is 2.16. The van der Waals surface area contributed by atoms with Crippen LogP contribution in [0, 0.1) is 0 Å². The number of guanidine groups is 1. The van der Waals surface area contributed by atoms with Gasteiger partial charge in [-0.05, 0) is 32.6 Å². The lowest BCUT2D eigenvalue weighted by molar-refractivity contribution is 0.177. The molecule has 1 unspecified atom stereocenters. The van der Waals surface area contributed by atoms with Crippen LogP contribution in [0.15, 0.2) is 4.99 Å². The summed E-state index contributed by atoms with van der Waals surface area (Å²) in [5, 5.41) is 20.3. The van der Waals surface area contributed by atoms with Crippen LogP contribution in [0.5, 0.6) is 0 Å². The minimum absolute atomic E-state index is 0.287. The molecule has 10 nitrogen and oxygen atoms in total. The first kappa shape index (κ1) is 21.7. The van der Waals surface area contributed by atoms with Gasteiger partial charge in [-0.25, -0.2) is 9.67 Å². The second kappa shape index (κ2) is 10.7. The van der Waals surface area contributed by atoms with Crippen molar-refractivity contribution >= 4 is 5.96 Å². The minimum atomic E-state index is 0.287. The van der Waals surface area contributed by atoms with E-state index >= 15 is 0 Å². The number of nitrogens with one attached hydrogen (secondary N) is 2. The van der Waals surface area contributed by atoms with Crippen molar-refractivity contribution in [2.75, 3.05) is 20.2 Å². The van der Waals surface area contributed by atoms with Crippen molar-refractivity contribution in [1.29, 1.82) is 0 Å². The molecule has 4 heterocycles. The van der Waals surface area contributed by atoms with Gasteiger partial charge in [0.15, 0.2) is 11.8 Å². The van der Waals surface area contributed by atoms with Gasteiger partial charge in [0.05, 0.1) is 6.54 Å². The summed E-state index contributed by atoms with van der Waals surface area (Å²) >= 11 is 0. The summed E-state index contributed by atoms with van der Waals surface area (Å²) in [6.07, 6.45) is 8.61. The molecule has 0 saturated heterocycles. The molecule has 170 valence electrons. The third-order valence-electron chi connectivity index (χ3n) is 5.87. The van der Waals surface area contributed by atoms with Crippen LogP contribution in [0.25, 0.3) is 0 Å². The highest BCUT2D eigenvalue weighted by atomic mass is 16.5. The summed E-state index contributed by atoms with van der Waals surface area (Å²) in [6, 6.07) is 0.287. The molecular weight excluding hydrogens is 394 g/mol. The number of methoxy groups -OCH3 is 1. The van der Waals surface area contributed by atoms with Crippen LogP contribution < -0.4 is 10.6 Å². The normalized spacial score (nSPS) is 18.9. The third-order valence-corrected chi connectivity index (χ3v) is 5.87. The molecule has 10 heteroatoms. The van der Waals surface area contributed by atoms with E-state index in [0.29, 0.717) is 6.61 Å². The Labute approximate surface area is 183 Å². The van der Waals surface area contributed by atoms with Gasteiger partial charge >= 0.3 is 0 Å². The zero-order valence-corrected chi connectivity index (χ0v) is 18.8. The van der Waals surface area contributed by atoms with Gasteiger partial charge in [0.1, 0.15) is 24.1 Å². The molecule has 2 aliphatic heterocycles. The second-order valence-corrected chi connectivity index (χ2v) is 8.30. The van der Waals surface area contributed by atoms with E-state index in [4.69, 9.17) is 9.73 Å². The van der Waals surface area contributed by atoms with Crippen molar-refractivity contribution in [3.63, 3.8) is 0 Å². The fourth-order valence-corrected chi connectivity index (χ4v) is 4.34. The van der Waals surface area contributed by atoms with Crippen molar-refractivity contribution < 1.29 is 4.74 Å². The van der Waals surface area contributed by atoms with Crippen LogP contribution in [0.3, 0.4) is 0 Å². The SMILES string of the molecule is CCNC(=NCCCc1nnc2n1CCCCC2)NC1CCc2nc(COC)nn2C1. The summed E-state index contributed by atoms with van der Waals surface area (Å²) in [4.78, 5) is 9.35. The average Bonchev–Trinajstić information content (AvgIpc) is 3.26. The predicted molar refractivity (Wildman–Crippen MR) is 118 cm³/mol. The van der Waals surface area contributed by atoms with Crippen molar-refractivity contribution in [1.82, 2.24) is 40.2 Å². The number of nitrogens with zero attached hydrogens (tertiary/aromatic N) is 7. The largest absolute Gasteiger partial charge is 0.377 e. The van der Waals surface area contributed by atoms with E-state index < -0.39 is 0 Å². The standard InChI is InChI=1S/C21H35N9O/c1-3-22-21(24-16-10-11-18-25-17(15-31-2)28-30(18)14-16)23-12-7-9-20-27-26-19-8-5-4-6-13-29(19)20/h16H,3-15H2,1-2H3,(H2,22,23,24). The number of rotatable bonds is 8. The topological polar surface area (TPSA) is 107 Å². The molecule has 2 aromatic rings. The Morgan fingerprint density at radius 3 is 3.00 bits per heavy atom. The zero-order chi connectivity index (χ0) is 21.5. The Balaban J connectivity index is 1.29. The van der Waals surface area contributed by atoms with Crippen molar-refractivity contribution in [2.45, 2.75) is 84.0 Å². The maximum absolute atomic E-state index is 5.15. The van der Waals surface area contributed by atoms with Gasteiger partial charge in [0.25, 0.3) is 0 Å². The van der Waals surface area contributed by atoms with E-state index in [1.807, 2.05) is 4.68 Å². The molecule has 0 spiro atoms. The molecular formula is C21H35N9O. The van der Waals surface area contributed by atoms with Gasteiger partial charge < -0.3 is 19.9 Å². The second-order valence-electron chi connectivity index (χ2n) is 8.30. The molecule has 0 saturated carbocycles. The quantitative estimate of drug-likeness (QED) is 0.369. The van der Waals surface area contributed by atoms with Crippen molar-refractivity contribution in [2.24, 2.45) is 4.99 Å². The highest BCUT2D eigenvalue weighted by molar-refractivity contribution is 5.80. The number of aryl methyl sites for hydroxylation is 3. The van der Waals surface area contributed by atoms with Crippen LogP contribution in [-0.4, -0.2) is 61.7 Å². The van der Waals surface area contributed by atoms with Crippen LogP contribution in [-0.2, 0) is 43.7 Å². The van der Waals surface area contributed by atoms with Crippen LogP contribution in [0.4, 0.5) is 0 Å². The fraction of sp³-hybridized carbons (Fsp3) is 0.762. The molecule has 31 heavy (non-hydrogen) atoms. The van der Waals surface area contributed by atoms with Crippen LogP contribution in [0.2, 0.25) is 0 Å². The molecule has 4 rings (SSSR count). The highest BCUT2D eigenvalue weighted by Gasteiger charge is 2.22. The number of ether oxygens (including phenoxy) is 1. The molecule has 2 aliphatic rings. The first-order valence-electron chi connectivity index (χ1n) is 11.6. The number of fused-ring (bicyclic) bond motifs is 2. The molecule has 2 N–H and O–H groups in total. The Hall–Kier alpha value is -2.49. The van der Waals surface area contributed by atoms with E-state index in [9.17, 15) is 0 Å². The monoisotopic (exact) mass is 429 g/mol. The van der Waals surface area contributed by atoms with Gasteiger partial charge in [0, 0.05) is 52.0 Å². The number of aliphatic imine (C=N–C) groups is 1.